The van der Waals surface area contributed by atoms with E-state index in [9.17, 15) is 24.0 Å². The van der Waals surface area contributed by atoms with Crippen molar-refractivity contribution in [3.05, 3.63) is 82.0 Å². The average molecular weight is 793 g/mol. The lowest BCUT2D eigenvalue weighted by Gasteiger charge is -2.40. The van der Waals surface area contributed by atoms with Crippen LogP contribution >= 0.6 is 11.6 Å². The Morgan fingerprint density at radius 3 is 2.30 bits per heavy atom. The maximum absolute atomic E-state index is 13.3. The molecule has 8 rings (SSSR count). The number of hydrogen-bond donors (Lipinski definition) is 2. The molecular weight excluding hydrogens is 748 g/mol. The maximum Gasteiger partial charge on any atom is 0.262 e. The zero-order chi connectivity index (χ0) is 39.6. The van der Waals surface area contributed by atoms with Crippen molar-refractivity contribution in [2.24, 2.45) is 5.92 Å². The van der Waals surface area contributed by atoms with Gasteiger partial charge in [-0.05, 0) is 93.3 Å². The summed E-state index contributed by atoms with van der Waals surface area (Å²) in [6.45, 7) is 6.20. The van der Waals surface area contributed by atoms with E-state index >= 15 is 0 Å². The van der Waals surface area contributed by atoms with Crippen LogP contribution in [0.2, 0.25) is 5.02 Å². The second-order valence-corrected chi connectivity index (χ2v) is 16.0. The van der Waals surface area contributed by atoms with Crippen molar-refractivity contribution in [3.63, 3.8) is 0 Å². The smallest absolute Gasteiger partial charge is 0.262 e. The Kier molecular flexibility index (Phi) is 11.1. The molecule has 2 N–H and O–H groups in total. The fraction of sp³-hybridized carbons (Fsp3) is 0.452. The zero-order valence-electron chi connectivity index (χ0n) is 31.6. The number of nitrogens with one attached hydrogen (secondary N) is 2. The Balaban J connectivity index is 0.753. The van der Waals surface area contributed by atoms with Crippen LogP contribution in [0, 0.1) is 17.2 Å². The number of imide groups is 2. The summed E-state index contributed by atoms with van der Waals surface area (Å²) in [6.07, 6.45) is 7.28. The van der Waals surface area contributed by atoms with Crippen LogP contribution in [0.4, 0.5) is 11.5 Å². The average Bonchev–Trinajstić information content (AvgIpc) is 3.47. The van der Waals surface area contributed by atoms with E-state index in [1.54, 1.807) is 36.5 Å². The van der Waals surface area contributed by atoms with Crippen LogP contribution in [0.3, 0.4) is 0 Å². The van der Waals surface area contributed by atoms with Crippen molar-refractivity contribution in [3.8, 4) is 11.8 Å². The number of nitrogens with zero attached hydrogens (tertiary/aromatic N) is 6. The molecule has 4 aliphatic heterocycles. The van der Waals surface area contributed by atoms with Gasteiger partial charge in [0, 0.05) is 76.2 Å². The van der Waals surface area contributed by atoms with Gasteiger partial charge in [0.15, 0.2) is 0 Å². The van der Waals surface area contributed by atoms with Crippen LogP contribution in [-0.2, 0) is 9.59 Å². The molecule has 5 aliphatic rings. The van der Waals surface area contributed by atoms with Gasteiger partial charge in [-0.3, -0.25) is 39.1 Å². The van der Waals surface area contributed by atoms with Crippen molar-refractivity contribution < 1.29 is 28.7 Å². The number of nitriles is 1. The van der Waals surface area contributed by atoms with Gasteiger partial charge in [0.2, 0.25) is 11.8 Å². The Bertz CT molecular complexity index is 2100. The lowest BCUT2D eigenvalue weighted by Crippen LogP contribution is -2.54. The van der Waals surface area contributed by atoms with Crippen molar-refractivity contribution in [1.82, 2.24) is 25.4 Å². The fourth-order valence-corrected chi connectivity index (χ4v) is 8.92. The van der Waals surface area contributed by atoms with Crippen molar-refractivity contribution in [1.29, 1.82) is 5.26 Å². The highest BCUT2D eigenvalue weighted by atomic mass is 35.5. The second-order valence-electron chi connectivity index (χ2n) is 15.6. The normalized spacial score (nSPS) is 23.2. The van der Waals surface area contributed by atoms with Crippen LogP contribution < -0.4 is 25.2 Å². The number of amides is 5. The maximum atomic E-state index is 13.3. The monoisotopic (exact) mass is 792 g/mol. The van der Waals surface area contributed by atoms with Gasteiger partial charge in [-0.1, -0.05) is 11.6 Å². The Morgan fingerprint density at radius 1 is 0.860 bits per heavy atom. The lowest BCUT2D eigenvalue weighted by atomic mass is 9.92. The highest BCUT2D eigenvalue weighted by molar-refractivity contribution is 6.31. The first-order chi connectivity index (χ1) is 27.6. The van der Waals surface area contributed by atoms with Crippen LogP contribution in [0.1, 0.15) is 88.0 Å². The van der Waals surface area contributed by atoms with Crippen molar-refractivity contribution in [2.45, 2.75) is 69.6 Å². The fourth-order valence-electron chi connectivity index (χ4n) is 8.71. The summed E-state index contributed by atoms with van der Waals surface area (Å²) in [5.41, 5.74) is 2.44. The molecule has 3 saturated heterocycles. The Morgan fingerprint density at radius 2 is 1.61 bits per heavy atom. The summed E-state index contributed by atoms with van der Waals surface area (Å²) in [5.74, 6) is 0.00302. The third-order valence-corrected chi connectivity index (χ3v) is 12.3. The van der Waals surface area contributed by atoms with Gasteiger partial charge in [0.25, 0.3) is 17.7 Å². The zero-order valence-corrected chi connectivity index (χ0v) is 32.4. The molecule has 296 valence electrons. The standard InChI is InChI=1S/C42H45ClN8O6/c43-35-22-32(6-1-27(35)23-44)57-31-7-3-29(4-8-31)46-39(53)28-2-11-37(45-24-28)50-15-13-26(14-16-50)25-48-17-19-49(20-18-48)30-5-9-33-34(21-30)42(56)51(41(33)55)36-10-12-38(52)47-40(36)54/h1-2,5-6,9,11,21-22,24,26,29,31,36H,3-4,7-8,10,12-20,25H2,(H,46,53)(H,47,52,54). The number of anilines is 2. The molecule has 5 amide bonds. The largest absolute Gasteiger partial charge is 0.490 e. The summed E-state index contributed by atoms with van der Waals surface area (Å²) >= 11 is 6.15. The van der Waals surface area contributed by atoms with Gasteiger partial charge in [-0.2, -0.15) is 5.26 Å². The highest BCUT2D eigenvalue weighted by Crippen LogP contribution is 2.32. The number of carbonyl (C=O) groups is 5. The van der Waals surface area contributed by atoms with Crippen LogP contribution in [-0.4, -0.2) is 108 Å². The Hall–Kier alpha value is -5.52. The van der Waals surface area contributed by atoms with Crippen LogP contribution in [0.25, 0.3) is 0 Å². The number of rotatable bonds is 9. The Labute approximate surface area is 336 Å². The highest BCUT2D eigenvalue weighted by Gasteiger charge is 2.45. The quantitative estimate of drug-likeness (QED) is 0.299. The summed E-state index contributed by atoms with van der Waals surface area (Å²) in [4.78, 5) is 76.2. The number of ether oxygens (including phenoxy) is 1. The molecule has 57 heavy (non-hydrogen) atoms. The molecule has 3 aromatic rings. The van der Waals surface area contributed by atoms with E-state index in [0.717, 1.165) is 101 Å². The van der Waals surface area contributed by atoms with Crippen molar-refractivity contribution in [2.75, 3.05) is 55.6 Å². The molecule has 1 saturated carbocycles. The molecule has 5 heterocycles. The molecule has 1 atom stereocenters. The first-order valence-electron chi connectivity index (χ1n) is 19.8. The number of piperazine rings is 1. The molecule has 14 nitrogen and oxygen atoms in total. The number of pyridine rings is 1. The molecule has 15 heteroatoms. The van der Waals surface area contributed by atoms with Crippen LogP contribution in [0.5, 0.6) is 5.75 Å². The van der Waals surface area contributed by atoms with E-state index in [1.165, 1.54) is 0 Å². The third kappa shape index (κ3) is 8.31. The predicted octanol–water partition coefficient (Wildman–Crippen LogP) is 4.17. The van der Waals surface area contributed by atoms with Gasteiger partial charge in [-0.15, -0.1) is 0 Å². The molecule has 4 fully saturated rings. The minimum absolute atomic E-state index is 0.0339. The molecule has 0 bridgehead atoms. The van der Waals surface area contributed by atoms with E-state index in [0.29, 0.717) is 38.9 Å². The van der Waals surface area contributed by atoms with Gasteiger partial charge < -0.3 is 19.9 Å². The van der Waals surface area contributed by atoms with Crippen LogP contribution in [0.15, 0.2) is 54.7 Å². The van der Waals surface area contributed by atoms with Crippen molar-refractivity contribution >= 4 is 52.6 Å². The minimum atomic E-state index is -0.974. The van der Waals surface area contributed by atoms with E-state index in [-0.39, 0.29) is 30.9 Å². The van der Waals surface area contributed by atoms with E-state index in [1.807, 2.05) is 18.2 Å². The van der Waals surface area contributed by atoms with Gasteiger partial charge in [-0.25, -0.2) is 4.98 Å². The number of carbonyl (C=O) groups excluding carboxylic acids is 5. The number of halogens is 1. The van der Waals surface area contributed by atoms with Gasteiger partial charge in [0.1, 0.15) is 23.7 Å². The number of piperidine rings is 2. The molecule has 0 spiro atoms. The van der Waals surface area contributed by atoms with E-state index in [4.69, 9.17) is 21.6 Å². The molecule has 2 aromatic carbocycles. The van der Waals surface area contributed by atoms with E-state index < -0.39 is 29.7 Å². The SMILES string of the molecule is N#Cc1ccc(OC2CCC(NC(=O)c3ccc(N4CCC(CN5CCN(c6ccc7c(c6)C(=O)N(C6CCC(=O)NC6=O)C7=O)CC5)CC4)nc3)CC2)cc1Cl. The summed E-state index contributed by atoms with van der Waals surface area (Å²) in [5, 5.41) is 14.9. The summed E-state index contributed by atoms with van der Waals surface area (Å²) < 4.78 is 6.09. The third-order valence-electron chi connectivity index (χ3n) is 12.0. The number of hydrogen-bond acceptors (Lipinski definition) is 11. The molecule has 1 aromatic heterocycles. The van der Waals surface area contributed by atoms with E-state index in [2.05, 4.69) is 36.4 Å². The molecular formula is C42H45ClN8O6. The summed E-state index contributed by atoms with van der Waals surface area (Å²) in [6, 6.07) is 15.4. The molecule has 0 radical (unpaired) electrons. The molecule has 1 unspecified atom stereocenters. The minimum Gasteiger partial charge on any atom is -0.490 e. The topological polar surface area (TPSA) is 168 Å². The van der Waals surface area contributed by atoms with Gasteiger partial charge >= 0.3 is 0 Å². The first kappa shape index (κ1) is 38.4. The number of fused-ring (bicyclic) bond motifs is 1. The second kappa shape index (κ2) is 16.5. The summed E-state index contributed by atoms with van der Waals surface area (Å²) in [7, 11) is 0. The molecule has 1 aliphatic carbocycles. The lowest BCUT2D eigenvalue weighted by molar-refractivity contribution is -0.136. The number of benzene rings is 2. The number of aromatic nitrogens is 1. The first-order valence-corrected chi connectivity index (χ1v) is 20.2. The van der Waals surface area contributed by atoms with Gasteiger partial charge in [0.05, 0.1) is 33.4 Å². The predicted molar refractivity (Wildman–Crippen MR) is 211 cm³/mol.